The summed E-state index contributed by atoms with van der Waals surface area (Å²) in [5, 5.41) is 10.6. The first-order chi connectivity index (χ1) is 9.22. The van der Waals surface area contributed by atoms with Crippen LogP contribution in [-0.4, -0.2) is 21.1 Å². The molecule has 0 fully saturated rings. The Balaban J connectivity index is 1.86. The minimum absolute atomic E-state index is 0.201. The number of H-pyrrole nitrogens is 1. The van der Waals surface area contributed by atoms with Crippen LogP contribution in [-0.2, 0) is 0 Å². The van der Waals surface area contributed by atoms with Crippen molar-refractivity contribution >= 4 is 38.4 Å². The number of aromatic amines is 1. The molecule has 0 saturated heterocycles. The van der Waals surface area contributed by atoms with Crippen molar-refractivity contribution in [2.45, 2.75) is 0 Å². The van der Waals surface area contributed by atoms with Gasteiger partial charge in [0.15, 0.2) is 0 Å². The quantitative estimate of drug-likeness (QED) is 0.763. The standard InChI is InChI=1S/C13H9BrN4O/c14-10-3-9(5-15-7-10)13(19)17-11-2-1-8-6-16-18-12(8)4-11/h1-7H,(H,16,18)(H,17,19). The molecule has 6 heteroatoms. The summed E-state index contributed by atoms with van der Waals surface area (Å²) in [6.45, 7) is 0. The molecule has 0 aliphatic carbocycles. The number of nitrogens with zero attached hydrogens (tertiary/aromatic N) is 2. The molecule has 0 atom stereocenters. The summed E-state index contributed by atoms with van der Waals surface area (Å²) < 4.78 is 0.768. The smallest absolute Gasteiger partial charge is 0.257 e. The van der Waals surface area contributed by atoms with Gasteiger partial charge in [0.1, 0.15) is 0 Å². The molecule has 0 radical (unpaired) electrons. The van der Waals surface area contributed by atoms with Crippen LogP contribution in [0.5, 0.6) is 0 Å². The highest BCUT2D eigenvalue weighted by molar-refractivity contribution is 9.10. The van der Waals surface area contributed by atoms with E-state index in [9.17, 15) is 4.79 Å². The number of anilines is 1. The van der Waals surface area contributed by atoms with Gasteiger partial charge in [-0.05, 0) is 40.2 Å². The first-order valence-electron chi connectivity index (χ1n) is 5.57. The Bertz CT molecular complexity index is 753. The van der Waals surface area contributed by atoms with Crippen molar-refractivity contribution in [3.8, 4) is 0 Å². The van der Waals surface area contributed by atoms with Crippen LogP contribution in [0.15, 0.2) is 47.3 Å². The van der Waals surface area contributed by atoms with Crippen molar-refractivity contribution in [3.05, 3.63) is 52.9 Å². The number of carbonyl (C=O) groups is 1. The van der Waals surface area contributed by atoms with E-state index in [1.54, 1.807) is 18.5 Å². The van der Waals surface area contributed by atoms with Gasteiger partial charge in [-0.3, -0.25) is 14.9 Å². The lowest BCUT2D eigenvalue weighted by atomic mass is 10.2. The normalized spacial score (nSPS) is 10.6. The molecule has 5 nitrogen and oxygen atoms in total. The number of halogens is 1. The van der Waals surface area contributed by atoms with Crippen LogP contribution >= 0.6 is 15.9 Å². The number of nitrogens with one attached hydrogen (secondary N) is 2. The Morgan fingerprint density at radius 2 is 2.11 bits per heavy atom. The van der Waals surface area contributed by atoms with Gasteiger partial charge >= 0.3 is 0 Å². The fourth-order valence-electron chi connectivity index (χ4n) is 1.75. The predicted octanol–water partition coefficient (Wildman–Crippen LogP) is 2.97. The maximum Gasteiger partial charge on any atom is 0.257 e. The Kier molecular flexibility index (Phi) is 3.00. The van der Waals surface area contributed by atoms with Gasteiger partial charge in [-0.25, -0.2) is 0 Å². The van der Waals surface area contributed by atoms with Crippen molar-refractivity contribution < 1.29 is 4.79 Å². The molecule has 0 aliphatic heterocycles. The van der Waals surface area contributed by atoms with Gasteiger partial charge in [0.2, 0.25) is 0 Å². The average Bonchev–Trinajstić information content (AvgIpc) is 2.86. The van der Waals surface area contributed by atoms with E-state index in [-0.39, 0.29) is 5.91 Å². The highest BCUT2D eigenvalue weighted by atomic mass is 79.9. The molecule has 0 bridgehead atoms. The van der Waals surface area contributed by atoms with Crippen molar-refractivity contribution in [3.63, 3.8) is 0 Å². The number of carbonyl (C=O) groups excluding carboxylic acids is 1. The number of pyridine rings is 1. The number of rotatable bonds is 2. The molecule has 0 spiro atoms. The van der Waals surface area contributed by atoms with Crippen LogP contribution in [0.4, 0.5) is 5.69 Å². The molecular formula is C13H9BrN4O. The summed E-state index contributed by atoms with van der Waals surface area (Å²) in [7, 11) is 0. The zero-order valence-electron chi connectivity index (χ0n) is 9.72. The first-order valence-corrected chi connectivity index (χ1v) is 6.37. The van der Waals surface area contributed by atoms with Crippen LogP contribution < -0.4 is 5.32 Å². The molecule has 0 unspecified atom stereocenters. The summed E-state index contributed by atoms with van der Waals surface area (Å²) in [6.07, 6.45) is 4.89. The Hall–Kier alpha value is -2.21. The van der Waals surface area contributed by atoms with Crippen LogP contribution in [0.1, 0.15) is 10.4 Å². The summed E-state index contributed by atoms with van der Waals surface area (Å²) in [6, 6.07) is 7.29. The third-order valence-electron chi connectivity index (χ3n) is 2.67. The molecule has 0 saturated carbocycles. The molecule has 19 heavy (non-hydrogen) atoms. The highest BCUT2D eigenvalue weighted by Crippen LogP contribution is 2.17. The fourth-order valence-corrected chi connectivity index (χ4v) is 2.12. The largest absolute Gasteiger partial charge is 0.322 e. The van der Waals surface area contributed by atoms with Crippen molar-refractivity contribution in [1.29, 1.82) is 0 Å². The summed E-state index contributed by atoms with van der Waals surface area (Å²) in [4.78, 5) is 16.0. The number of fused-ring (bicyclic) bond motifs is 1. The van der Waals surface area contributed by atoms with Gasteiger partial charge in [0.25, 0.3) is 5.91 Å². The number of benzene rings is 1. The van der Waals surface area contributed by atoms with Crippen LogP contribution in [0.25, 0.3) is 10.9 Å². The van der Waals surface area contributed by atoms with Crippen molar-refractivity contribution in [2.24, 2.45) is 0 Å². The SMILES string of the molecule is O=C(Nc1ccc2cn[nH]c2c1)c1cncc(Br)c1. The van der Waals surface area contributed by atoms with E-state index in [0.717, 1.165) is 15.4 Å². The number of hydrogen-bond acceptors (Lipinski definition) is 3. The van der Waals surface area contributed by atoms with E-state index in [2.05, 4.69) is 36.4 Å². The average molecular weight is 317 g/mol. The number of aromatic nitrogens is 3. The van der Waals surface area contributed by atoms with Gasteiger partial charge in [-0.15, -0.1) is 0 Å². The van der Waals surface area contributed by atoms with E-state index in [1.807, 2.05) is 18.2 Å². The van der Waals surface area contributed by atoms with Gasteiger partial charge in [0, 0.05) is 27.9 Å². The molecule has 0 aliphatic rings. The number of hydrogen-bond donors (Lipinski definition) is 2. The molecule has 2 aromatic heterocycles. The van der Waals surface area contributed by atoms with E-state index in [0.29, 0.717) is 11.3 Å². The predicted molar refractivity (Wildman–Crippen MR) is 76.0 cm³/mol. The third-order valence-corrected chi connectivity index (χ3v) is 3.10. The monoisotopic (exact) mass is 316 g/mol. The third kappa shape index (κ3) is 2.48. The van der Waals surface area contributed by atoms with Crippen molar-refractivity contribution in [2.75, 3.05) is 5.32 Å². The zero-order valence-corrected chi connectivity index (χ0v) is 11.3. The molecule has 3 aromatic rings. The molecule has 3 rings (SSSR count). The lowest BCUT2D eigenvalue weighted by Crippen LogP contribution is -2.12. The summed E-state index contributed by atoms with van der Waals surface area (Å²) in [5.41, 5.74) is 2.09. The van der Waals surface area contributed by atoms with Gasteiger partial charge in [-0.2, -0.15) is 5.10 Å². The van der Waals surface area contributed by atoms with E-state index in [1.165, 1.54) is 6.20 Å². The molecule has 2 N–H and O–H groups in total. The summed E-state index contributed by atoms with van der Waals surface area (Å²) in [5.74, 6) is -0.201. The van der Waals surface area contributed by atoms with Crippen LogP contribution in [0, 0.1) is 0 Å². The maximum absolute atomic E-state index is 12.0. The minimum Gasteiger partial charge on any atom is -0.322 e. The van der Waals surface area contributed by atoms with Gasteiger partial charge in [-0.1, -0.05) is 0 Å². The van der Waals surface area contributed by atoms with Crippen LogP contribution in [0.2, 0.25) is 0 Å². The highest BCUT2D eigenvalue weighted by Gasteiger charge is 2.07. The second kappa shape index (κ2) is 4.81. The Labute approximate surface area is 117 Å². The Morgan fingerprint density at radius 3 is 2.95 bits per heavy atom. The lowest BCUT2D eigenvalue weighted by molar-refractivity contribution is 0.102. The molecular weight excluding hydrogens is 308 g/mol. The second-order valence-electron chi connectivity index (χ2n) is 4.02. The maximum atomic E-state index is 12.0. The second-order valence-corrected chi connectivity index (χ2v) is 4.93. The number of amides is 1. The van der Waals surface area contributed by atoms with E-state index < -0.39 is 0 Å². The molecule has 94 valence electrons. The molecule has 1 aromatic carbocycles. The first kappa shape index (κ1) is 11.9. The van der Waals surface area contributed by atoms with Gasteiger partial charge in [0.05, 0.1) is 17.3 Å². The zero-order chi connectivity index (χ0) is 13.2. The molecule has 2 heterocycles. The van der Waals surface area contributed by atoms with Gasteiger partial charge < -0.3 is 5.32 Å². The Morgan fingerprint density at radius 1 is 1.21 bits per heavy atom. The fraction of sp³-hybridized carbons (Fsp3) is 0. The van der Waals surface area contributed by atoms with E-state index >= 15 is 0 Å². The molecule has 1 amide bonds. The summed E-state index contributed by atoms with van der Waals surface area (Å²) >= 11 is 3.29. The topological polar surface area (TPSA) is 70.7 Å². The minimum atomic E-state index is -0.201. The lowest BCUT2D eigenvalue weighted by Gasteiger charge is -2.05. The van der Waals surface area contributed by atoms with E-state index in [4.69, 9.17) is 0 Å². The van der Waals surface area contributed by atoms with Crippen LogP contribution in [0.3, 0.4) is 0 Å². The van der Waals surface area contributed by atoms with Crippen molar-refractivity contribution in [1.82, 2.24) is 15.2 Å².